The van der Waals surface area contributed by atoms with Gasteiger partial charge < -0.3 is 4.74 Å². The monoisotopic (exact) mass is 187 g/mol. The molecule has 6 heteroatoms. The minimum absolute atomic E-state index is 0.0690. The predicted octanol–water partition coefficient (Wildman–Crippen LogP) is 0.690. The second-order valence-electron chi connectivity index (χ2n) is 2.35. The van der Waals surface area contributed by atoms with Crippen molar-refractivity contribution in [2.45, 2.75) is 20.6 Å². The van der Waals surface area contributed by atoms with E-state index in [2.05, 4.69) is 14.9 Å². The molecular weight excluding hydrogens is 177 g/mol. The molecule has 1 heterocycles. The molecule has 0 aliphatic carbocycles. The zero-order chi connectivity index (χ0) is 9.84. The Labute approximate surface area is 74.5 Å². The average Bonchev–Trinajstić information content (AvgIpc) is 2.47. The van der Waals surface area contributed by atoms with E-state index in [1.165, 1.54) is 0 Å². The SMILES string of the molecule is CCOC(=O)c1nn(CF)nc1C. The highest BCUT2D eigenvalue weighted by Gasteiger charge is 2.16. The van der Waals surface area contributed by atoms with E-state index in [1.807, 2.05) is 0 Å². The van der Waals surface area contributed by atoms with Crippen LogP contribution in [0.5, 0.6) is 0 Å². The first-order valence-corrected chi connectivity index (χ1v) is 3.83. The molecule has 0 aliphatic heterocycles. The van der Waals surface area contributed by atoms with Crippen molar-refractivity contribution in [3.8, 4) is 0 Å². The van der Waals surface area contributed by atoms with Gasteiger partial charge in [0.05, 0.1) is 12.3 Å². The number of carbonyl (C=O) groups is 1. The molecule has 0 fully saturated rings. The Bertz CT molecular complexity index is 311. The van der Waals surface area contributed by atoms with Gasteiger partial charge in [-0.3, -0.25) is 0 Å². The summed E-state index contributed by atoms with van der Waals surface area (Å²) in [7, 11) is 0. The van der Waals surface area contributed by atoms with E-state index in [0.717, 1.165) is 4.80 Å². The standard InChI is InChI=1S/C7H10FN3O2/c1-3-13-7(12)6-5(2)9-11(4-8)10-6/h3-4H2,1-2H3. The molecule has 0 unspecified atom stereocenters. The van der Waals surface area contributed by atoms with Gasteiger partial charge in [0.15, 0.2) is 5.69 Å². The van der Waals surface area contributed by atoms with E-state index in [0.29, 0.717) is 5.69 Å². The van der Waals surface area contributed by atoms with E-state index in [9.17, 15) is 9.18 Å². The van der Waals surface area contributed by atoms with E-state index in [-0.39, 0.29) is 12.3 Å². The lowest BCUT2D eigenvalue weighted by atomic mass is 10.3. The largest absolute Gasteiger partial charge is 0.461 e. The Balaban J connectivity index is 2.87. The normalized spacial score (nSPS) is 10.1. The maximum atomic E-state index is 12.1. The molecule has 13 heavy (non-hydrogen) atoms. The van der Waals surface area contributed by atoms with Gasteiger partial charge in [-0.25, -0.2) is 9.18 Å². The maximum Gasteiger partial charge on any atom is 0.360 e. The van der Waals surface area contributed by atoms with Crippen molar-refractivity contribution in [1.82, 2.24) is 15.0 Å². The van der Waals surface area contributed by atoms with Crippen LogP contribution in [-0.4, -0.2) is 27.6 Å². The van der Waals surface area contributed by atoms with Crippen LogP contribution in [0.25, 0.3) is 0 Å². The van der Waals surface area contributed by atoms with Gasteiger partial charge in [0, 0.05) is 0 Å². The summed E-state index contributed by atoms with van der Waals surface area (Å²) in [5.41, 5.74) is 0.440. The highest BCUT2D eigenvalue weighted by atomic mass is 19.1. The summed E-state index contributed by atoms with van der Waals surface area (Å²) in [6, 6.07) is 0. The third kappa shape index (κ3) is 2.01. The van der Waals surface area contributed by atoms with Crippen molar-refractivity contribution < 1.29 is 13.9 Å². The lowest BCUT2D eigenvalue weighted by Crippen LogP contribution is -2.07. The Morgan fingerprint density at radius 1 is 1.62 bits per heavy atom. The van der Waals surface area contributed by atoms with Crippen molar-refractivity contribution >= 4 is 5.97 Å². The fraction of sp³-hybridized carbons (Fsp3) is 0.571. The van der Waals surface area contributed by atoms with Crippen LogP contribution >= 0.6 is 0 Å². The molecule has 0 amide bonds. The van der Waals surface area contributed by atoms with E-state index >= 15 is 0 Å². The Morgan fingerprint density at radius 2 is 2.31 bits per heavy atom. The van der Waals surface area contributed by atoms with Crippen molar-refractivity contribution in [3.05, 3.63) is 11.4 Å². The number of esters is 1. The highest BCUT2D eigenvalue weighted by Crippen LogP contribution is 2.03. The van der Waals surface area contributed by atoms with Crippen LogP contribution in [-0.2, 0) is 11.5 Å². The lowest BCUT2D eigenvalue weighted by molar-refractivity contribution is 0.0517. The Kier molecular flexibility index (Phi) is 2.94. The Morgan fingerprint density at radius 3 is 2.77 bits per heavy atom. The number of rotatable bonds is 3. The minimum Gasteiger partial charge on any atom is -0.461 e. The highest BCUT2D eigenvalue weighted by molar-refractivity contribution is 5.88. The molecule has 5 nitrogen and oxygen atoms in total. The van der Waals surface area contributed by atoms with Crippen molar-refractivity contribution in [3.63, 3.8) is 0 Å². The maximum absolute atomic E-state index is 12.1. The molecule has 0 aliphatic rings. The molecule has 0 bridgehead atoms. The molecule has 0 atom stereocenters. The van der Waals surface area contributed by atoms with Gasteiger partial charge >= 0.3 is 5.97 Å². The molecule has 0 N–H and O–H groups in total. The van der Waals surface area contributed by atoms with Crippen LogP contribution in [0.15, 0.2) is 0 Å². The number of aryl methyl sites for hydroxylation is 1. The van der Waals surface area contributed by atoms with Crippen molar-refractivity contribution in [2.75, 3.05) is 6.61 Å². The lowest BCUT2D eigenvalue weighted by Gasteiger charge is -1.96. The summed E-state index contributed by atoms with van der Waals surface area (Å²) < 4.78 is 16.7. The summed E-state index contributed by atoms with van der Waals surface area (Å²) in [4.78, 5) is 11.9. The molecule has 1 aromatic rings. The smallest absolute Gasteiger partial charge is 0.360 e. The minimum atomic E-state index is -0.847. The van der Waals surface area contributed by atoms with Crippen LogP contribution in [0, 0.1) is 6.92 Å². The number of aromatic nitrogens is 3. The van der Waals surface area contributed by atoms with E-state index in [1.54, 1.807) is 13.8 Å². The van der Waals surface area contributed by atoms with Crippen LogP contribution in [0.1, 0.15) is 23.1 Å². The summed E-state index contributed by atoms with van der Waals surface area (Å²) in [6.45, 7) is 2.68. The van der Waals surface area contributed by atoms with Gasteiger partial charge in [0.25, 0.3) is 0 Å². The number of halogens is 1. The third-order valence-corrected chi connectivity index (χ3v) is 1.40. The molecule has 0 saturated heterocycles. The number of hydrogen-bond donors (Lipinski definition) is 0. The number of carbonyl (C=O) groups excluding carboxylic acids is 1. The zero-order valence-corrected chi connectivity index (χ0v) is 7.45. The van der Waals surface area contributed by atoms with Crippen molar-refractivity contribution in [2.24, 2.45) is 0 Å². The molecule has 0 spiro atoms. The molecule has 1 rings (SSSR count). The summed E-state index contributed by atoms with van der Waals surface area (Å²) in [5, 5.41) is 7.26. The number of nitrogens with zero attached hydrogens (tertiary/aromatic N) is 3. The van der Waals surface area contributed by atoms with Gasteiger partial charge in [-0.2, -0.15) is 9.90 Å². The first-order valence-electron chi connectivity index (χ1n) is 3.83. The first-order chi connectivity index (χ1) is 6.19. The average molecular weight is 187 g/mol. The van der Waals surface area contributed by atoms with E-state index in [4.69, 9.17) is 0 Å². The predicted molar refractivity (Wildman–Crippen MR) is 41.8 cm³/mol. The van der Waals surface area contributed by atoms with Gasteiger partial charge in [-0.05, 0) is 13.8 Å². The third-order valence-electron chi connectivity index (χ3n) is 1.40. The number of ether oxygens (including phenoxy) is 1. The van der Waals surface area contributed by atoms with Crippen LogP contribution in [0.4, 0.5) is 4.39 Å². The van der Waals surface area contributed by atoms with Gasteiger partial charge in [0.2, 0.25) is 6.80 Å². The topological polar surface area (TPSA) is 57.0 Å². The van der Waals surface area contributed by atoms with Gasteiger partial charge in [0.1, 0.15) is 0 Å². The number of hydrogen-bond acceptors (Lipinski definition) is 4. The van der Waals surface area contributed by atoms with Crippen LogP contribution < -0.4 is 0 Å². The first kappa shape index (κ1) is 9.63. The fourth-order valence-electron chi connectivity index (χ4n) is 0.872. The molecule has 72 valence electrons. The van der Waals surface area contributed by atoms with Gasteiger partial charge in [-0.15, -0.1) is 5.10 Å². The summed E-state index contributed by atoms with van der Waals surface area (Å²) in [5.74, 6) is -0.570. The quantitative estimate of drug-likeness (QED) is 0.653. The second kappa shape index (κ2) is 3.97. The van der Waals surface area contributed by atoms with E-state index < -0.39 is 12.8 Å². The van der Waals surface area contributed by atoms with Crippen molar-refractivity contribution in [1.29, 1.82) is 0 Å². The van der Waals surface area contributed by atoms with Gasteiger partial charge in [-0.1, -0.05) is 0 Å². The molecular formula is C7H10FN3O2. The fourth-order valence-corrected chi connectivity index (χ4v) is 0.872. The number of alkyl halides is 1. The second-order valence-corrected chi connectivity index (χ2v) is 2.35. The molecule has 0 saturated carbocycles. The molecule has 0 aromatic carbocycles. The van der Waals surface area contributed by atoms with Crippen LogP contribution in [0.2, 0.25) is 0 Å². The molecule has 1 aromatic heterocycles. The summed E-state index contributed by atoms with van der Waals surface area (Å²) in [6.07, 6.45) is 0. The van der Waals surface area contributed by atoms with Crippen LogP contribution in [0.3, 0.4) is 0 Å². The summed E-state index contributed by atoms with van der Waals surface area (Å²) >= 11 is 0. The molecule has 0 radical (unpaired) electrons. The zero-order valence-electron chi connectivity index (χ0n) is 7.45. The Hall–Kier alpha value is -1.46.